The van der Waals surface area contributed by atoms with Gasteiger partial charge in [-0.05, 0) is 31.2 Å². The van der Waals surface area contributed by atoms with Crippen molar-refractivity contribution in [1.82, 2.24) is 14.9 Å². The van der Waals surface area contributed by atoms with Gasteiger partial charge in [0.25, 0.3) is 0 Å². The summed E-state index contributed by atoms with van der Waals surface area (Å²) in [4.78, 5) is 37.8. The van der Waals surface area contributed by atoms with Crippen LogP contribution in [0.3, 0.4) is 0 Å². The minimum absolute atomic E-state index is 0.0629. The van der Waals surface area contributed by atoms with Gasteiger partial charge in [0.2, 0.25) is 5.95 Å². The van der Waals surface area contributed by atoms with Gasteiger partial charge >= 0.3 is 6.09 Å². The van der Waals surface area contributed by atoms with Crippen molar-refractivity contribution in [3.8, 4) is 0 Å². The summed E-state index contributed by atoms with van der Waals surface area (Å²) in [6, 6.07) is 9.80. The molecule has 1 amide bonds. The Hall–Kier alpha value is -2.96. The number of aromatic nitrogens is 2. The number of carbonyl (C=O) groups is 2. The predicted molar refractivity (Wildman–Crippen MR) is 109 cm³/mol. The fourth-order valence-electron chi connectivity index (χ4n) is 4.40. The SMILES string of the molecule is CN(C)c1ncc(C(=O)C2CC3CCC(C2)N3C(=O)OCc2ccccc2)cn1. The smallest absolute Gasteiger partial charge is 0.410 e. The van der Waals surface area contributed by atoms with Crippen LogP contribution in [0.4, 0.5) is 10.7 Å². The number of nitrogens with zero attached hydrogens (tertiary/aromatic N) is 4. The number of ether oxygens (including phenoxy) is 1. The molecule has 29 heavy (non-hydrogen) atoms. The Morgan fingerprint density at radius 3 is 2.28 bits per heavy atom. The molecule has 0 saturated carbocycles. The van der Waals surface area contributed by atoms with Crippen LogP contribution < -0.4 is 4.90 Å². The zero-order chi connectivity index (χ0) is 20.4. The molecule has 1 aromatic heterocycles. The molecule has 0 radical (unpaired) electrons. The highest BCUT2D eigenvalue weighted by atomic mass is 16.6. The first-order chi connectivity index (χ1) is 14.0. The molecule has 2 aliphatic heterocycles. The van der Waals surface area contributed by atoms with Gasteiger partial charge < -0.3 is 14.5 Å². The molecule has 152 valence electrons. The van der Waals surface area contributed by atoms with E-state index in [1.807, 2.05) is 49.3 Å². The van der Waals surface area contributed by atoms with Crippen molar-refractivity contribution in [2.24, 2.45) is 5.92 Å². The van der Waals surface area contributed by atoms with E-state index in [1.54, 1.807) is 17.3 Å². The quantitative estimate of drug-likeness (QED) is 0.725. The number of anilines is 1. The Kier molecular flexibility index (Phi) is 5.47. The lowest BCUT2D eigenvalue weighted by atomic mass is 9.85. The standard InChI is InChI=1S/C22H26N4O3/c1-25(2)21-23-12-17(13-24-21)20(27)16-10-18-8-9-19(11-16)26(18)22(28)29-14-15-6-4-3-5-7-15/h3-7,12-13,16,18-19H,8-11,14H2,1-2H3. The normalized spacial score (nSPS) is 23.0. The Labute approximate surface area is 170 Å². The summed E-state index contributed by atoms with van der Waals surface area (Å²) in [5, 5.41) is 0. The van der Waals surface area contributed by atoms with Crippen molar-refractivity contribution in [1.29, 1.82) is 0 Å². The number of amides is 1. The van der Waals surface area contributed by atoms with Crippen LogP contribution in [0.2, 0.25) is 0 Å². The monoisotopic (exact) mass is 394 g/mol. The van der Waals surface area contributed by atoms with Gasteiger partial charge in [-0.15, -0.1) is 0 Å². The summed E-state index contributed by atoms with van der Waals surface area (Å²) in [6.07, 6.45) is 6.12. The second kappa shape index (κ2) is 8.19. The van der Waals surface area contributed by atoms with E-state index in [1.165, 1.54) is 0 Å². The fraction of sp³-hybridized carbons (Fsp3) is 0.455. The molecule has 2 saturated heterocycles. The van der Waals surface area contributed by atoms with Gasteiger partial charge in [-0.1, -0.05) is 30.3 Å². The number of rotatable bonds is 5. The molecular weight excluding hydrogens is 368 g/mol. The summed E-state index contributed by atoms with van der Waals surface area (Å²) >= 11 is 0. The summed E-state index contributed by atoms with van der Waals surface area (Å²) in [7, 11) is 3.72. The molecule has 2 atom stereocenters. The molecule has 7 heteroatoms. The van der Waals surface area contributed by atoms with Crippen LogP contribution in [-0.4, -0.2) is 52.9 Å². The first-order valence-electron chi connectivity index (χ1n) is 10.1. The molecule has 0 N–H and O–H groups in total. The number of hydrogen-bond donors (Lipinski definition) is 0. The van der Waals surface area contributed by atoms with Crippen molar-refractivity contribution in [2.45, 2.75) is 44.4 Å². The van der Waals surface area contributed by atoms with E-state index < -0.39 is 0 Å². The van der Waals surface area contributed by atoms with Crippen LogP contribution in [0.5, 0.6) is 0 Å². The van der Waals surface area contributed by atoms with Crippen LogP contribution in [0.15, 0.2) is 42.7 Å². The van der Waals surface area contributed by atoms with Crippen molar-refractivity contribution >= 4 is 17.8 Å². The lowest BCUT2D eigenvalue weighted by Gasteiger charge is -2.37. The Balaban J connectivity index is 1.38. The minimum Gasteiger partial charge on any atom is -0.445 e. The molecule has 1 aromatic carbocycles. The first-order valence-corrected chi connectivity index (χ1v) is 10.1. The third-order valence-electron chi connectivity index (χ3n) is 5.84. The second-order valence-electron chi connectivity index (χ2n) is 8.03. The molecule has 0 aliphatic carbocycles. The molecule has 4 rings (SSSR count). The molecule has 3 heterocycles. The Morgan fingerprint density at radius 2 is 1.69 bits per heavy atom. The zero-order valence-electron chi connectivity index (χ0n) is 16.8. The molecule has 2 fully saturated rings. The van der Waals surface area contributed by atoms with Crippen molar-refractivity contribution < 1.29 is 14.3 Å². The van der Waals surface area contributed by atoms with E-state index in [2.05, 4.69) is 9.97 Å². The van der Waals surface area contributed by atoms with Crippen LogP contribution in [0.1, 0.15) is 41.6 Å². The fourth-order valence-corrected chi connectivity index (χ4v) is 4.40. The largest absolute Gasteiger partial charge is 0.445 e. The molecule has 0 spiro atoms. The number of fused-ring (bicyclic) bond motifs is 2. The lowest BCUT2D eigenvalue weighted by molar-refractivity contribution is 0.0485. The van der Waals surface area contributed by atoms with Crippen molar-refractivity contribution in [3.05, 3.63) is 53.9 Å². The van der Waals surface area contributed by atoms with Crippen LogP contribution in [0.25, 0.3) is 0 Å². The molecule has 2 bridgehead atoms. The van der Waals surface area contributed by atoms with E-state index in [0.29, 0.717) is 24.4 Å². The highest BCUT2D eigenvalue weighted by molar-refractivity contribution is 5.97. The molecule has 7 nitrogen and oxygen atoms in total. The van der Waals surface area contributed by atoms with Gasteiger partial charge in [-0.25, -0.2) is 14.8 Å². The zero-order valence-corrected chi connectivity index (χ0v) is 16.8. The van der Waals surface area contributed by atoms with Gasteiger partial charge in [-0.2, -0.15) is 0 Å². The lowest BCUT2D eigenvalue weighted by Crippen LogP contribution is -2.48. The van der Waals surface area contributed by atoms with Crippen molar-refractivity contribution in [3.63, 3.8) is 0 Å². The highest BCUT2D eigenvalue weighted by Gasteiger charge is 2.46. The Bertz CT molecular complexity index is 855. The van der Waals surface area contributed by atoms with E-state index in [9.17, 15) is 9.59 Å². The van der Waals surface area contributed by atoms with Gasteiger partial charge in [0.1, 0.15) is 6.61 Å². The average Bonchev–Trinajstić information content (AvgIpc) is 3.01. The molecular formula is C22H26N4O3. The highest BCUT2D eigenvalue weighted by Crippen LogP contribution is 2.40. The minimum atomic E-state index is -0.272. The molecule has 2 unspecified atom stereocenters. The van der Waals surface area contributed by atoms with Crippen molar-refractivity contribution in [2.75, 3.05) is 19.0 Å². The number of carbonyl (C=O) groups excluding carboxylic acids is 2. The van der Waals surface area contributed by atoms with E-state index in [-0.39, 0.29) is 36.5 Å². The Morgan fingerprint density at radius 1 is 1.07 bits per heavy atom. The number of Topliss-reactive ketones (excluding diaryl/α,β-unsaturated/α-hetero) is 1. The first kappa shape index (κ1) is 19.4. The number of piperidine rings is 1. The van der Waals surface area contributed by atoms with Gasteiger partial charge in [0.15, 0.2) is 5.78 Å². The topological polar surface area (TPSA) is 75.6 Å². The summed E-state index contributed by atoms with van der Waals surface area (Å²) in [6.45, 7) is 0.271. The van der Waals surface area contributed by atoms with E-state index in [4.69, 9.17) is 4.74 Å². The second-order valence-corrected chi connectivity index (χ2v) is 8.03. The maximum absolute atomic E-state index is 13.0. The number of hydrogen-bond acceptors (Lipinski definition) is 6. The van der Waals surface area contributed by atoms with Crippen LogP contribution >= 0.6 is 0 Å². The third-order valence-corrected chi connectivity index (χ3v) is 5.84. The third kappa shape index (κ3) is 4.09. The van der Waals surface area contributed by atoms with E-state index in [0.717, 1.165) is 18.4 Å². The molecule has 2 aromatic rings. The summed E-state index contributed by atoms with van der Waals surface area (Å²) in [5.74, 6) is 0.557. The summed E-state index contributed by atoms with van der Waals surface area (Å²) in [5.41, 5.74) is 1.51. The van der Waals surface area contributed by atoms with E-state index >= 15 is 0 Å². The maximum atomic E-state index is 13.0. The van der Waals surface area contributed by atoms with Crippen LogP contribution in [-0.2, 0) is 11.3 Å². The molecule has 2 aliphatic rings. The number of ketones is 1. The van der Waals surface area contributed by atoms with Gasteiger partial charge in [0.05, 0.1) is 5.56 Å². The summed E-state index contributed by atoms with van der Waals surface area (Å²) < 4.78 is 5.54. The average molecular weight is 394 g/mol. The predicted octanol–water partition coefficient (Wildman–Crippen LogP) is 3.31. The van der Waals surface area contributed by atoms with Gasteiger partial charge in [-0.3, -0.25) is 4.79 Å². The number of benzene rings is 1. The van der Waals surface area contributed by atoms with Crippen LogP contribution in [0, 0.1) is 5.92 Å². The maximum Gasteiger partial charge on any atom is 0.410 e. The van der Waals surface area contributed by atoms with Gasteiger partial charge in [0, 0.05) is 44.5 Å².